The summed E-state index contributed by atoms with van der Waals surface area (Å²) in [5.41, 5.74) is 2.14. The molecule has 3 rings (SSSR count). The molecule has 0 radical (unpaired) electrons. The fourth-order valence-corrected chi connectivity index (χ4v) is 4.74. The van der Waals surface area contributed by atoms with Gasteiger partial charge in [-0.25, -0.2) is 13.1 Å². The Bertz CT molecular complexity index is 598. The van der Waals surface area contributed by atoms with Crippen molar-refractivity contribution in [1.29, 1.82) is 0 Å². The minimum atomic E-state index is -3.39. The molecule has 2 heterocycles. The molecule has 2 N–H and O–H groups in total. The lowest BCUT2D eigenvalue weighted by Gasteiger charge is -2.25. The van der Waals surface area contributed by atoms with Gasteiger partial charge in [0.2, 0.25) is 10.0 Å². The highest BCUT2D eigenvalue weighted by atomic mass is 32.2. The smallest absolute Gasteiger partial charge is 0.240 e. The zero-order valence-electron chi connectivity index (χ0n) is 12.0. The number of hydrogen-bond acceptors (Lipinski definition) is 5. The Kier molecular flexibility index (Phi) is 4.73. The van der Waals surface area contributed by atoms with Gasteiger partial charge in [0.25, 0.3) is 0 Å². The van der Waals surface area contributed by atoms with E-state index in [1.807, 2.05) is 17.8 Å². The first-order valence-corrected chi connectivity index (χ1v) is 9.95. The van der Waals surface area contributed by atoms with Crippen molar-refractivity contribution in [1.82, 2.24) is 9.62 Å². The monoisotopic (exact) mass is 327 g/mol. The van der Waals surface area contributed by atoms with Gasteiger partial charge in [0.1, 0.15) is 0 Å². The molecular weight excluding hydrogens is 306 g/mol. The van der Waals surface area contributed by atoms with Gasteiger partial charge in [0, 0.05) is 49.9 Å². The van der Waals surface area contributed by atoms with E-state index in [1.54, 1.807) is 12.1 Å². The van der Waals surface area contributed by atoms with Crippen LogP contribution in [0.5, 0.6) is 0 Å². The van der Waals surface area contributed by atoms with Crippen LogP contribution in [0.1, 0.15) is 5.56 Å². The van der Waals surface area contributed by atoms with Crippen LogP contribution in [-0.2, 0) is 16.4 Å². The van der Waals surface area contributed by atoms with Gasteiger partial charge in [-0.15, -0.1) is 0 Å². The number of sulfonamides is 1. The summed E-state index contributed by atoms with van der Waals surface area (Å²) < 4.78 is 27.4. The third-order valence-electron chi connectivity index (χ3n) is 3.92. The van der Waals surface area contributed by atoms with E-state index in [9.17, 15) is 8.42 Å². The van der Waals surface area contributed by atoms with Crippen molar-refractivity contribution >= 4 is 27.5 Å². The molecule has 0 bridgehead atoms. The maximum atomic E-state index is 12.3. The van der Waals surface area contributed by atoms with Crippen LogP contribution in [0.3, 0.4) is 0 Å². The molecule has 7 heteroatoms. The Balaban J connectivity index is 1.58. The Morgan fingerprint density at radius 2 is 2.10 bits per heavy atom. The number of fused-ring (bicyclic) bond motifs is 1. The number of rotatable bonds is 5. The molecule has 0 atom stereocenters. The molecule has 1 aromatic carbocycles. The molecule has 0 saturated carbocycles. The molecule has 0 aromatic heterocycles. The van der Waals surface area contributed by atoms with Crippen molar-refractivity contribution in [3.05, 3.63) is 23.8 Å². The lowest BCUT2D eigenvalue weighted by Crippen LogP contribution is -2.39. The zero-order chi connectivity index (χ0) is 14.7. The van der Waals surface area contributed by atoms with Crippen LogP contribution >= 0.6 is 11.8 Å². The Morgan fingerprint density at radius 3 is 2.90 bits per heavy atom. The summed E-state index contributed by atoms with van der Waals surface area (Å²) in [7, 11) is -3.39. The van der Waals surface area contributed by atoms with Gasteiger partial charge in [-0.3, -0.25) is 0 Å². The maximum absolute atomic E-state index is 12.3. The van der Waals surface area contributed by atoms with Gasteiger partial charge in [0.05, 0.1) is 4.90 Å². The van der Waals surface area contributed by atoms with Crippen molar-refractivity contribution in [3.63, 3.8) is 0 Å². The Morgan fingerprint density at radius 1 is 1.29 bits per heavy atom. The second-order valence-corrected chi connectivity index (χ2v) is 8.34. The third kappa shape index (κ3) is 3.71. The fourth-order valence-electron chi connectivity index (χ4n) is 2.69. The molecule has 2 aliphatic heterocycles. The van der Waals surface area contributed by atoms with E-state index < -0.39 is 10.0 Å². The molecule has 1 saturated heterocycles. The molecule has 1 fully saturated rings. The highest BCUT2D eigenvalue weighted by molar-refractivity contribution is 7.99. The van der Waals surface area contributed by atoms with Gasteiger partial charge < -0.3 is 10.2 Å². The lowest BCUT2D eigenvalue weighted by atomic mass is 10.2. The summed E-state index contributed by atoms with van der Waals surface area (Å²) in [4.78, 5) is 2.69. The van der Waals surface area contributed by atoms with Crippen LogP contribution in [-0.4, -0.2) is 57.5 Å². The molecule has 0 spiro atoms. The summed E-state index contributed by atoms with van der Waals surface area (Å²) in [6, 6.07) is 5.32. The van der Waals surface area contributed by atoms with Gasteiger partial charge in [-0.2, -0.15) is 11.8 Å². The van der Waals surface area contributed by atoms with Crippen LogP contribution in [0.15, 0.2) is 23.1 Å². The van der Waals surface area contributed by atoms with E-state index in [-0.39, 0.29) is 0 Å². The Hall–Kier alpha value is -0.760. The number of anilines is 1. The molecule has 0 amide bonds. The van der Waals surface area contributed by atoms with Crippen molar-refractivity contribution in [3.8, 4) is 0 Å². The standard InChI is InChI=1S/C14H21N3O2S2/c18-21(19,16-5-6-17-7-9-20-10-8-17)13-1-2-14-12(11-13)3-4-15-14/h1-2,11,15-16H,3-10H2. The van der Waals surface area contributed by atoms with Crippen LogP contribution in [0, 0.1) is 0 Å². The second-order valence-electron chi connectivity index (χ2n) is 5.35. The van der Waals surface area contributed by atoms with E-state index in [4.69, 9.17) is 0 Å². The van der Waals surface area contributed by atoms with E-state index in [1.165, 1.54) is 0 Å². The lowest BCUT2D eigenvalue weighted by molar-refractivity contribution is 0.307. The fraction of sp³-hybridized carbons (Fsp3) is 0.571. The van der Waals surface area contributed by atoms with Crippen LogP contribution in [0.25, 0.3) is 0 Å². The molecule has 0 unspecified atom stereocenters. The number of thioether (sulfide) groups is 1. The van der Waals surface area contributed by atoms with Crippen molar-refractivity contribution < 1.29 is 8.42 Å². The molecule has 2 aliphatic rings. The molecule has 1 aromatic rings. The van der Waals surface area contributed by atoms with E-state index in [0.717, 1.165) is 55.4 Å². The summed E-state index contributed by atoms with van der Waals surface area (Å²) in [5, 5.41) is 3.24. The molecule has 21 heavy (non-hydrogen) atoms. The van der Waals surface area contributed by atoms with E-state index >= 15 is 0 Å². The number of hydrogen-bond donors (Lipinski definition) is 2. The minimum absolute atomic E-state index is 0.374. The molecule has 116 valence electrons. The first kappa shape index (κ1) is 15.1. The summed E-state index contributed by atoms with van der Waals surface area (Å²) in [6.45, 7) is 4.25. The normalized spacial score (nSPS) is 19.2. The van der Waals surface area contributed by atoms with Crippen molar-refractivity contribution in [2.45, 2.75) is 11.3 Å². The summed E-state index contributed by atoms with van der Waals surface area (Å²) in [6.07, 6.45) is 0.893. The van der Waals surface area contributed by atoms with E-state index in [2.05, 4.69) is 14.9 Å². The van der Waals surface area contributed by atoms with Gasteiger partial charge in [0.15, 0.2) is 0 Å². The van der Waals surface area contributed by atoms with Crippen LogP contribution < -0.4 is 10.0 Å². The minimum Gasteiger partial charge on any atom is -0.384 e. The largest absolute Gasteiger partial charge is 0.384 e. The zero-order valence-corrected chi connectivity index (χ0v) is 13.6. The van der Waals surface area contributed by atoms with E-state index in [0.29, 0.717) is 11.4 Å². The molecular formula is C14H21N3O2S2. The van der Waals surface area contributed by atoms with Crippen LogP contribution in [0.4, 0.5) is 5.69 Å². The summed E-state index contributed by atoms with van der Waals surface area (Å²) >= 11 is 1.96. The van der Waals surface area contributed by atoms with Crippen molar-refractivity contribution in [2.24, 2.45) is 0 Å². The molecule has 0 aliphatic carbocycles. The highest BCUT2D eigenvalue weighted by Gasteiger charge is 2.18. The van der Waals surface area contributed by atoms with Gasteiger partial charge >= 0.3 is 0 Å². The van der Waals surface area contributed by atoms with Crippen molar-refractivity contribution in [2.75, 3.05) is 49.5 Å². The average molecular weight is 327 g/mol. The first-order valence-electron chi connectivity index (χ1n) is 7.32. The Labute approximate surface area is 130 Å². The number of nitrogens with one attached hydrogen (secondary N) is 2. The summed E-state index contributed by atoms with van der Waals surface area (Å²) in [5.74, 6) is 2.29. The maximum Gasteiger partial charge on any atom is 0.240 e. The molecule has 5 nitrogen and oxygen atoms in total. The number of benzene rings is 1. The second kappa shape index (κ2) is 6.56. The average Bonchev–Trinajstić information content (AvgIpc) is 2.95. The highest BCUT2D eigenvalue weighted by Crippen LogP contribution is 2.24. The van der Waals surface area contributed by atoms with Crippen LogP contribution in [0.2, 0.25) is 0 Å². The quantitative estimate of drug-likeness (QED) is 0.844. The van der Waals surface area contributed by atoms with Gasteiger partial charge in [-0.1, -0.05) is 0 Å². The first-order chi connectivity index (χ1) is 10.1. The SMILES string of the molecule is O=S(=O)(NCCN1CCSCC1)c1ccc2c(c1)CCN2. The topological polar surface area (TPSA) is 61.4 Å². The third-order valence-corrected chi connectivity index (χ3v) is 6.32. The predicted octanol–water partition coefficient (Wildman–Crippen LogP) is 0.982. The predicted molar refractivity (Wildman–Crippen MR) is 87.6 cm³/mol. The number of nitrogens with zero attached hydrogens (tertiary/aromatic N) is 1. The van der Waals surface area contributed by atoms with Gasteiger partial charge in [-0.05, 0) is 30.2 Å².